The van der Waals surface area contributed by atoms with Gasteiger partial charge >= 0.3 is 0 Å². The molecule has 3 aromatic carbocycles. The van der Waals surface area contributed by atoms with Gasteiger partial charge in [-0.25, -0.2) is 0 Å². The number of rotatable bonds is 9. The quantitative estimate of drug-likeness (QED) is 0.334. The lowest BCUT2D eigenvalue weighted by molar-refractivity contribution is -0.132. The minimum absolute atomic E-state index is 0.142. The number of hydrogen-bond donors (Lipinski definition) is 0. The van der Waals surface area contributed by atoms with Gasteiger partial charge in [0.25, 0.3) is 0 Å². The van der Waals surface area contributed by atoms with Crippen LogP contribution in [0.4, 0.5) is 0 Å². The highest BCUT2D eigenvalue weighted by Crippen LogP contribution is 2.29. The fraction of sp³-hybridized carbons (Fsp3) is 0.296. The van der Waals surface area contributed by atoms with Crippen LogP contribution >= 0.6 is 15.9 Å². The highest BCUT2D eigenvalue weighted by atomic mass is 79.9. The van der Waals surface area contributed by atoms with Crippen molar-refractivity contribution in [3.63, 3.8) is 0 Å². The van der Waals surface area contributed by atoms with Crippen molar-refractivity contribution in [2.75, 3.05) is 13.1 Å². The van der Waals surface area contributed by atoms with E-state index in [2.05, 4.69) is 83.5 Å². The highest BCUT2D eigenvalue weighted by Gasteiger charge is 2.23. The second kappa shape index (κ2) is 11.1. The summed E-state index contributed by atoms with van der Waals surface area (Å²) >= 11 is 3.48. The van der Waals surface area contributed by atoms with E-state index in [1.165, 1.54) is 11.1 Å². The monoisotopic (exact) mass is 463 g/mol. The summed E-state index contributed by atoms with van der Waals surface area (Å²) in [6.45, 7) is 5.69. The van der Waals surface area contributed by atoms with Crippen molar-refractivity contribution < 1.29 is 4.79 Å². The van der Waals surface area contributed by atoms with Gasteiger partial charge in [-0.15, -0.1) is 0 Å². The average Bonchev–Trinajstić information content (AvgIpc) is 2.79. The molecule has 30 heavy (non-hydrogen) atoms. The molecule has 1 atom stereocenters. The van der Waals surface area contributed by atoms with Gasteiger partial charge in [-0.2, -0.15) is 0 Å². The zero-order valence-electron chi connectivity index (χ0n) is 17.8. The van der Waals surface area contributed by atoms with Crippen LogP contribution in [0, 0.1) is 0 Å². The van der Waals surface area contributed by atoms with Gasteiger partial charge in [0, 0.05) is 23.5 Å². The first-order valence-corrected chi connectivity index (χ1v) is 11.5. The van der Waals surface area contributed by atoms with Crippen LogP contribution in [-0.2, 0) is 4.79 Å². The largest absolute Gasteiger partial charge is 0.342 e. The SMILES string of the molecule is CCCN(CCC(c1ccccc1)c1ccccc1)C(=O)C(C)c1ccc(Br)cc1. The smallest absolute Gasteiger partial charge is 0.229 e. The first kappa shape index (κ1) is 22.3. The molecule has 0 radical (unpaired) electrons. The van der Waals surface area contributed by atoms with E-state index in [4.69, 9.17) is 0 Å². The summed E-state index contributed by atoms with van der Waals surface area (Å²) in [7, 11) is 0. The van der Waals surface area contributed by atoms with Crippen molar-refractivity contribution in [1.29, 1.82) is 0 Å². The van der Waals surface area contributed by atoms with Gasteiger partial charge in [-0.1, -0.05) is 95.7 Å². The van der Waals surface area contributed by atoms with Crippen LogP contribution in [0.1, 0.15) is 55.2 Å². The van der Waals surface area contributed by atoms with Crippen LogP contribution < -0.4 is 0 Å². The molecule has 0 heterocycles. The molecule has 0 saturated carbocycles. The van der Waals surface area contributed by atoms with E-state index < -0.39 is 0 Å². The van der Waals surface area contributed by atoms with E-state index in [1.807, 2.05) is 36.1 Å². The van der Waals surface area contributed by atoms with Crippen molar-refractivity contribution in [2.45, 2.75) is 38.5 Å². The van der Waals surface area contributed by atoms with Gasteiger partial charge in [-0.05, 0) is 48.6 Å². The van der Waals surface area contributed by atoms with Crippen molar-refractivity contribution in [1.82, 2.24) is 4.90 Å². The lowest BCUT2D eigenvalue weighted by Crippen LogP contribution is -2.36. The van der Waals surface area contributed by atoms with Gasteiger partial charge in [0.15, 0.2) is 0 Å². The Morgan fingerprint density at radius 3 is 1.83 bits per heavy atom. The molecule has 156 valence electrons. The summed E-state index contributed by atoms with van der Waals surface area (Å²) in [5.41, 5.74) is 3.66. The summed E-state index contributed by atoms with van der Waals surface area (Å²) in [6.07, 6.45) is 1.87. The number of benzene rings is 3. The standard InChI is InChI=1S/C27H30BrNO/c1-3-19-29(27(30)21(2)22-14-16-25(28)17-15-22)20-18-26(23-10-6-4-7-11-23)24-12-8-5-9-13-24/h4-17,21,26H,3,18-20H2,1-2H3. The van der Waals surface area contributed by atoms with E-state index in [-0.39, 0.29) is 17.7 Å². The average molecular weight is 464 g/mol. The minimum atomic E-state index is -0.142. The molecule has 0 aliphatic rings. The third-order valence-corrected chi connectivity index (χ3v) is 6.17. The predicted octanol–water partition coefficient (Wildman–Crippen LogP) is 7.01. The Hall–Kier alpha value is -2.39. The van der Waals surface area contributed by atoms with Gasteiger partial charge in [-0.3, -0.25) is 4.79 Å². The lowest BCUT2D eigenvalue weighted by Gasteiger charge is -2.28. The topological polar surface area (TPSA) is 20.3 Å². The van der Waals surface area contributed by atoms with E-state index in [1.54, 1.807) is 0 Å². The molecule has 0 aliphatic heterocycles. The number of carbonyl (C=O) groups excluding carboxylic acids is 1. The predicted molar refractivity (Wildman–Crippen MR) is 129 cm³/mol. The van der Waals surface area contributed by atoms with Crippen molar-refractivity contribution >= 4 is 21.8 Å². The second-order valence-corrected chi connectivity index (χ2v) is 8.68. The Bertz CT molecular complexity index is 869. The molecular formula is C27H30BrNO. The molecule has 2 nitrogen and oxygen atoms in total. The number of hydrogen-bond acceptors (Lipinski definition) is 1. The third kappa shape index (κ3) is 5.82. The molecule has 3 rings (SSSR count). The fourth-order valence-corrected chi connectivity index (χ4v) is 4.22. The maximum Gasteiger partial charge on any atom is 0.229 e. The van der Waals surface area contributed by atoms with E-state index >= 15 is 0 Å². The van der Waals surface area contributed by atoms with Gasteiger partial charge < -0.3 is 4.90 Å². The summed E-state index contributed by atoms with van der Waals surface area (Å²) < 4.78 is 1.03. The summed E-state index contributed by atoms with van der Waals surface area (Å²) in [5.74, 6) is 0.345. The molecule has 0 bridgehead atoms. The summed E-state index contributed by atoms with van der Waals surface area (Å²) in [6, 6.07) is 29.3. The first-order valence-electron chi connectivity index (χ1n) is 10.7. The number of carbonyl (C=O) groups is 1. The molecule has 0 aromatic heterocycles. The van der Waals surface area contributed by atoms with Crippen LogP contribution in [0.5, 0.6) is 0 Å². The molecule has 0 N–H and O–H groups in total. The normalized spacial score (nSPS) is 12.0. The Balaban J connectivity index is 1.77. The van der Waals surface area contributed by atoms with Crippen LogP contribution in [0.25, 0.3) is 0 Å². The Kier molecular flexibility index (Phi) is 8.27. The number of nitrogens with zero attached hydrogens (tertiary/aromatic N) is 1. The van der Waals surface area contributed by atoms with E-state index in [0.717, 1.165) is 36.0 Å². The van der Waals surface area contributed by atoms with Crippen molar-refractivity contribution in [3.8, 4) is 0 Å². The second-order valence-electron chi connectivity index (χ2n) is 7.76. The fourth-order valence-electron chi connectivity index (χ4n) is 3.95. The minimum Gasteiger partial charge on any atom is -0.342 e. The third-order valence-electron chi connectivity index (χ3n) is 5.64. The first-order chi connectivity index (χ1) is 14.6. The Morgan fingerprint density at radius 1 is 0.800 bits per heavy atom. The molecular weight excluding hydrogens is 434 g/mol. The summed E-state index contributed by atoms with van der Waals surface area (Å²) in [4.78, 5) is 15.4. The highest BCUT2D eigenvalue weighted by molar-refractivity contribution is 9.10. The van der Waals surface area contributed by atoms with Crippen LogP contribution in [0.3, 0.4) is 0 Å². The van der Waals surface area contributed by atoms with Crippen LogP contribution in [-0.4, -0.2) is 23.9 Å². The maximum atomic E-state index is 13.3. The summed E-state index contributed by atoms with van der Waals surface area (Å²) in [5, 5.41) is 0. The van der Waals surface area contributed by atoms with Crippen molar-refractivity contribution in [2.24, 2.45) is 0 Å². The van der Waals surface area contributed by atoms with Gasteiger partial charge in [0.05, 0.1) is 5.92 Å². The zero-order valence-corrected chi connectivity index (χ0v) is 19.4. The molecule has 0 saturated heterocycles. The number of amides is 1. The molecule has 3 heteroatoms. The number of halogens is 1. The van der Waals surface area contributed by atoms with Crippen molar-refractivity contribution in [3.05, 3.63) is 106 Å². The molecule has 3 aromatic rings. The van der Waals surface area contributed by atoms with Gasteiger partial charge in [0.1, 0.15) is 0 Å². The molecule has 0 spiro atoms. The van der Waals surface area contributed by atoms with Crippen LogP contribution in [0.15, 0.2) is 89.4 Å². The van der Waals surface area contributed by atoms with Gasteiger partial charge in [0.2, 0.25) is 5.91 Å². The van der Waals surface area contributed by atoms with E-state index in [9.17, 15) is 4.79 Å². The van der Waals surface area contributed by atoms with Crippen LogP contribution in [0.2, 0.25) is 0 Å². The molecule has 0 aliphatic carbocycles. The molecule has 1 amide bonds. The zero-order chi connectivity index (χ0) is 21.3. The Labute approximate surface area is 189 Å². The molecule has 0 fully saturated rings. The maximum absolute atomic E-state index is 13.3. The van der Waals surface area contributed by atoms with E-state index in [0.29, 0.717) is 0 Å². The Morgan fingerprint density at radius 2 is 1.33 bits per heavy atom. The molecule has 1 unspecified atom stereocenters. The lowest BCUT2D eigenvalue weighted by atomic mass is 9.88.